The van der Waals surface area contributed by atoms with Crippen LogP contribution < -0.4 is 10.2 Å². The fourth-order valence-electron chi connectivity index (χ4n) is 1.48. The Morgan fingerprint density at radius 3 is 3.00 bits per heavy atom. The Morgan fingerprint density at radius 1 is 1.30 bits per heavy atom. The lowest BCUT2D eigenvalue weighted by Gasteiger charge is -2.12. The zero-order chi connectivity index (χ0) is 7.23. The number of nitrogens with two attached hydrogens (primary N) is 1. The van der Waals surface area contributed by atoms with Gasteiger partial charge in [0.25, 0.3) is 0 Å². The van der Waals surface area contributed by atoms with Gasteiger partial charge < -0.3 is 15.3 Å². The molecule has 1 saturated heterocycles. The van der Waals surface area contributed by atoms with Crippen LogP contribution in [0.25, 0.3) is 0 Å². The van der Waals surface area contributed by atoms with Gasteiger partial charge in [0.1, 0.15) is 19.6 Å². The number of nitrogens with one attached hydrogen (secondary N) is 1. The molecule has 1 aliphatic heterocycles. The molecule has 0 amide bonds. The van der Waals surface area contributed by atoms with Crippen molar-refractivity contribution < 1.29 is 15.3 Å². The number of rotatable bonds is 2. The van der Waals surface area contributed by atoms with E-state index in [0.29, 0.717) is 6.61 Å². The number of aliphatic hydroxyl groups is 1. The van der Waals surface area contributed by atoms with Crippen molar-refractivity contribution in [3.63, 3.8) is 0 Å². The Kier molecular flexibility index (Phi) is 3.72. The highest BCUT2D eigenvalue weighted by molar-refractivity contribution is 4.36. The third-order valence-corrected chi connectivity index (χ3v) is 2.11. The zero-order valence-corrected chi connectivity index (χ0v) is 6.47. The molecule has 0 radical (unpaired) electrons. The molecule has 1 aliphatic rings. The molecule has 0 aromatic carbocycles. The highest BCUT2D eigenvalue weighted by atomic mass is 16.3. The van der Waals surface area contributed by atoms with E-state index in [2.05, 4.69) is 5.32 Å². The van der Waals surface area contributed by atoms with Crippen LogP contribution in [0.5, 0.6) is 0 Å². The van der Waals surface area contributed by atoms with Crippen molar-refractivity contribution in [1.82, 2.24) is 0 Å². The van der Waals surface area contributed by atoms with E-state index < -0.39 is 0 Å². The average molecular weight is 146 g/mol. The predicted octanol–water partition coefficient (Wildman–Crippen LogP) is -3.17. The summed E-state index contributed by atoms with van der Waals surface area (Å²) in [5.74, 6) is 0. The van der Waals surface area contributed by atoms with Crippen LogP contribution in [0, 0.1) is 0 Å². The van der Waals surface area contributed by atoms with Crippen LogP contribution in [0.1, 0.15) is 6.42 Å². The Morgan fingerprint density at radius 2 is 2.20 bits per heavy atom. The largest absolute Gasteiger partial charge is 0.391 e. The molecular formula is C7H18N2O+2. The zero-order valence-electron chi connectivity index (χ0n) is 6.47. The van der Waals surface area contributed by atoms with Crippen molar-refractivity contribution in [3.05, 3.63) is 0 Å². The van der Waals surface area contributed by atoms with Crippen molar-refractivity contribution >= 4 is 0 Å². The second kappa shape index (κ2) is 4.66. The van der Waals surface area contributed by atoms with Crippen molar-refractivity contribution in [3.8, 4) is 0 Å². The summed E-state index contributed by atoms with van der Waals surface area (Å²) in [4.78, 5) is 1.57. The van der Waals surface area contributed by atoms with Gasteiger partial charge in [0, 0.05) is 6.42 Å². The summed E-state index contributed by atoms with van der Waals surface area (Å²) in [6.07, 6.45) is 1.30. The van der Waals surface area contributed by atoms with E-state index in [1.807, 2.05) is 0 Å². The summed E-state index contributed by atoms with van der Waals surface area (Å²) in [5, 5.41) is 11.0. The normalized spacial score (nSPS) is 27.9. The molecule has 60 valence electrons. The first-order valence-corrected chi connectivity index (χ1v) is 4.19. The van der Waals surface area contributed by atoms with Crippen LogP contribution in [0.3, 0.4) is 0 Å². The molecule has 1 atom stereocenters. The fraction of sp³-hybridized carbons (Fsp3) is 1.00. The summed E-state index contributed by atoms with van der Waals surface area (Å²) < 4.78 is 0. The van der Waals surface area contributed by atoms with Crippen LogP contribution in [0.2, 0.25) is 0 Å². The molecule has 4 N–H and O–H groups in total. The Hall–Kier alpha value is -0.120. The van der Waals surface area contributed by atoms with Crippen LogP contribution in [0.4, 0.5) is 0 Å². The summed E-state index contributed by atoms with van der Waals surface area (Å²) in [6.45, 7) is 6.26. The van der Waals surface area contributed by atoms with E-state index in [-0.39, 0.29) is 0 Å². The number of hydrogen-bond acceptors (Lipinski definition) is 1. The fourth-order valence-corrected chi connectivity index (χ4v) is 1.48. The quantitative estimate of drug-likeness (QED) is 0.378. The van der Waals surface area contributed by atoms with Gasteiger partial charge in [-0.05, 0) is 0 Å². The van der Waals surface area contributed by atoms with Gasteiger partial charge in [0.15, 0.2) is 0 Å². The monoisotopic (exact) mass is 146 g/mol. The predicted molar refractivity (Wildman–Crippen MR) is 38.9 cm³/mol. The first-order chi connectivity index (χ1) is 4.93. The molecule has 10 heavy (non-hydrogen) atoms. The molecule has 3 heteroatoms. The van der Waals surface area contributed by atoms with Gasteiger partial charge in [-0.1, -0.05) is 0 Å². The van der Waals surface area contributed by atoms with E-state index >= 15 is 0 Å². The van der Waals surface area contributed by atoms with E-state index in [4.69, 9.17) is 5.11 Å². The molecule has 0 bridgehead atoms. The highest BCUT2D eigenvalue weighted by Crippen LogP contribution is 1.66. The van der Waals surface area contributed by atoms with Crippen molar-refractivity contribution in [1.29, 1.82) is 0 Å². The lowest BCUT2D eigenvalue weighted by atomic mass is 10.4. The Balaban J connectivity index is 2.15. The topological polar surface area (TPSA) is 41.3 Å². The minimum atomic E-state index is 0.343. The minimum Gasteiger partial charge on any atom is -0.391 e. The summed E-state index contributed by atoms with van der Waals surface area (Å²) >= 11 is 0. The lowest BCUT2D eigenvalue weighted by Crippen LogP contribution is -3.13. The lowest BCUT2D eigenvalue weighted by molar-refractivity contribution is -0.904. The number of hydrogen-bond donors (Lipinski definition) is 3. The Bertz CT molecular complexity index is 79.7. The van der Waals surface area contributed by atoms with Crippen molar-refractivity contribution in [2.45, 2.75) is 6.42 Å². The molecule has 0 saturated carbocycles. The van der Waals surface area contributed by atoms with E-state index in [1.165, 1.54) is 32.6 Å². The molecule has 3 nitrogen and oxygen atoms in total. The van der Waals surface area contributed by atoms with Gasteiger partial charge in [0.05, 0.1) is 19.7 Å². The van der Waals surface area contributed by atoms with Gasteiger partial charge in [-0.25, -0.2) is 0 Å². The summed E-state index contributed by atoms with van der Waals surface area (Å²) in [6, 6.07) is 0. The summed E-state index contributed by atoms with van der Waals surface area (Å²) in [7, 11) is 0. The molecule has 0 aromatic heterocycles. The van der Waals surface area contributed by atoms with Crippen molar-refractivity contribution in [2.75, 3.05) is 39.3 Å². The first-order valence-electron chi connectivity index (χ1n) is 4.19. The molecular weight excluding hydrogens is 128 g/mol. The van der Waals surface area contributed by atoms with Crippen LogP contribution in [-0.4, -0.2) is 44.4 Å². The second-order valence-corrected chi connectivity index (χ2v) is 2.94. The van der Waals surface area contributed by atoms with Gasteiger partial charge in [-0.2, -0.15) is 0 Å². The molecule has 1 rings (SSSR count). The second-order valence-electron chi connectivity index (χ2n) is 2.94. The van der Waals surface area contributed by atoms with Crippen LogP contribution >= 0.6 is 0 Å². The minimum absolute atomic E-state index is 0.343. The van der Waals surface area contributed by atoms with Gasteiger partial charge >= 0.3 is 0 Å². The van der Waals surface area contributed by atoms with Crippen LogP contribution in [-0.2, 0) is 0 Å². The average Bonchev–Trinajstić information content (AvgIpc) is 2.17. The molecule has 0 aromatic rings. The molecule has 1 unspecified atom stereocenters. The van der Waals surface area contributed by atoms with Crippen LogP contribution in [0.15, 0.2) is 0 Å². The maximum absolute atomic E-state index is 8.68. The molecule has 1 heterocycles. The summed E-state index contributed by atoms with van der Waals surface area (Å²) in [5.41, 5.74) is 0. The molecule has 0 aliphatic carbocycles. The van der Waals surface area contributed by atoms with Gasteiger partial charge in [0.2, 0.25) is 0 Å². The van der Waals surface area contributed by atoms with Gasteiger partial charge in [-0.15, -0.1) is 0 Å². The highest BCUT2D eigenvalue weighted by Gasteiger charge is 2.11. The van der Waals surface area contributed by atoms with E-state index in [9.17, 15) is 0 Å². The van der Waals surface area contributed by atoms with E-state index in [0.717, 1.165) is 6.54 Å². The third kappa shape index (κ3) is 2.64. The van der Waals surface area contributed by atoms with Crippen molar-refractivity contribution in [2.24, 2.45) is 0 Å². The van der Waals surface area contributed by atoms with Gasteiger partial charge in [-0.3, -0.25) is 0 Å². The molecule has 1 fully saturated rings. The number of aliphatic hydroxyl groups excluding tert-OH is 1. The maximum Gasteiger partial charge on any atom is 0.127 e. The standard InChI is InChI=1S/C7H16N2O/c10-7-6-9-4-1-2-8-3-5-9/h8,10H,1-7H2/p+2. The maximum atomic E-state index is 8.68. The first kappa shape index (κ1) is 7.98. The molecule has 0 spiro atoms. The van der Waals surface area contributed by atoms with E-state index in [1.54, 1.807) is 4.90 Å². The Labute approximate surface area is 62.0 Å². The smallest absolute Gasteiger partial charge is 0.127 e. The third-order valence-electron chi connectivity index (χ3n) is 2.11. The SMILES string of the molecule is OCC[NH+]1CCC[NH2+]CC1. The number of quaternary nitrogens is 2.